The maximum atomic E-state index is 12.0. The van der Waals surface area contributed by atoms with Gasteiger partial charge in [0.1, 0.15) is 10.6 Å². The number of ether oxygens (including phenoxy) is 1. The molecule has 1 aromatic carbocycles. The molecule has 1 aliphatic rings. The molecule has 0 aliphatic heterocycles. The Kier molecular flexibility index (Phi) is 5.11. The quantitative estimate of drug-likeness (QED) is 0.739. The minimum atomic E-state index is -3.63. The number of carbonyl (C=O) groups is 1. The van der Waals surface area contributed by atoms with Crippen molar-refractivity contribution < 1.29 is 17.9 Å². The monoisotopic (exact) mass is 338 g/mol. The van der Waals surface area contributed by atoms with Crippen molar-refractivity contribution in [3.8, 4) is 5.75 Å². The number of sulfonamides is 1. The minimum Gasteiger partial charge on any atom is -0.495 e. The van der Waals surface area contributed by atoms with Gasteiger partial charge in [-0.25, -0.2) is 13.1 Å². The van der Waals surface area contributed by atoms with Crippen LogP contribution in [0.25, 0.3) is 6.08 Å². The fourth-order valence-corrected chi connectivity index (χ4v) is 2.97. The largest absolute Gasteiger partial charge is 0.495 e. The summed E-state index contributed by atoms with van der Waals surface area (Å²) in [6.07, 6.45) is 5.27. The average molecular weight is 338 g/mol. The van der Waals surface area contributed by atoms with E-state index in [1.165, 1.54) is 26.3 Å². The molecule has 126 valence electrons. The maximum absolute atomic E-state index is 12.0. The molecule has 1 fully saturated rings. The second-order valence-corrected chi connectivity index (χ2v) is 7.83. The summed E-state index contributed by atoms with van der Waals surface area (Å²) < 4.78 is 31.3. The van der Waals surface area contributed by atoms with Crippen LogP contribution in [0, 0.1) is 5.41 Å². The van der Waals surface area contributed by atoms with Crippen LogP contribution in [0.15, 0.2) is 29.2 Å². The van der Waals surface area contributed by atoms with Crippen molar-refractivity contribution >= 4 is 22.0 Å². The van der Waals surface area contributed by atoms with Crippen LogP contribution < -0.4 is 14.8 Å². The zero-order chi connectivity index (χ0) is 17.1. The van der Waals surface area contributed by atoms with Crippen LogP contribution in [0.5, 0.6) is 5.75 Å². The molecule has 1 saturated carbocycles. The molecule has 0 saturated heterocycles. The Labute approximate surface area is 137 Å². The molecule has 0 atom stereocenters. The van der Waals surface area contributed by atoms with Gasteiger partial charge in [-0.2, -0.15) is 0 Å². The third kappa shape index (κ3) is 4.56. The van der Waals surface area contributed by atoms with E-state index in [1.807, 2.05) is 0 Å². The highest BCUT2D eigenvalue weighted by Gasteiger charge is 2.37. The molecule has 0 unspecified atom stereocenters. The Balaban J connectivity index is 2.12. The van der Waals surface area contributed by atoms with Gasteiger partial charge in [0.15, 0.2) is 0 Å². The average Bonchev–Trinajstić information content (AvgIpc) is 3.28. The lowest BCUT2D eigenvalue weighted by Crippen LogP contribution is -2.27. The van der Waals surface area contributed by atoms with Crippen LogP contribution >= 0.6 is 0 Å². The molecule has 2 N–H and O–H groups in total. The number of rotatable bonds is 7. The molecule has 0 spiro atoms. The summed E-state index contributed by atoms with van der Waals surface area (Å²) in [5, 5.41) is 2.85. The lowest BCUT2D eigenvalue weighted by Gasteiger charge is -2.10. The SMILES string of the molecule is CNS(=O)(=O)c1cc(/C=C/C(=O)NCC2(C)CC2)ccc1OC. The Morgan fingerprint density at radius 3 is 2.65 bits per heavy atom. The van der Waals surface area contributed by atoms with Crippen LogP contribution in [0.3, 0.4) is 0 Å². The minimum absolute atomic E-state index is 0.0375. The highest BCUT2D eigenvalue weighted by Crippen LogP contribution is 2.43. The van der Waals surface area contributed by atoms with Gasteiger partial charge < -0.3 is 10.1 Å². The fourth-order valence-electron chi connectivity index (χ4n) is 2.04. The zero-order valence-corrected chi connectivity index (χ0v) is 14.4. The first-order chi connectivity index (χ1) is 10.8. The highest BCUT2D eigenvalue weighted by molar-refractivity contribution is 7.89. The van der Waals surface area contributed by atoms with E-state index in [-0.39, 0.29) is 22.0 Å². The fraction of sp³-hybridized carbons (Fsp3) is 0.438. The first-order valence-electron chi connectivity index (χ1n) is 7.37. The molecule has 2 rings (SSSR count). The Bertz CT molecular complexity index is 722. The molecule has 23 heavy (non-hydrogen) atoms. The summed E-state index contributed by atoms with van der Waals surface area (Å²) in [4.78, 5) is 11.8. The molecule has 1 amide bonds. The van der Waals surface area contributed by atoms with Crippen molar-refractivity contribution in [1.29, 1.82) is 0 Å². The summed E-state index contributed by atoms with van der Waals surface area (Å²) in [5.74, 6) is 0.0644. The van der Waals surface area contributed by atoms with Crippen LogP contribution in [-0.4, -0.2) is 35.0 Å². The van der Waals surface area contributed by atoms with Crippen molar-refractivity contribution in [2.24, 2.45) is 5.41 Å². The molecule has 0 heterocycles. The van der Waals surface area contributed by atoms with Gasteiger partial charge >= 0.3 is 0 Å². The van der Waals surface area contributed by atoms with Crippen molar-refractivity contribution in [3.05, 3.63) is 29.8 Å². The molecule has 7 heteroatoms. The Morgan fingerprint density at radius 2 is 2.09 bits per heavy atom. The summed E-state index contributed by atoms with van der Waals surface area (Å²) in [6, 6.07) is 4.73. The second-order valence-electron chi connectivity index (χ2n) is 5.98. The van der Waals surface area contributed by atoms with Gasteiger partial charge in [0.2, 0.25) is 15.9 Å². The van der Waals surface area contributed by atoms with E-state index in [4.69, 9.17) is 4.74 Å². The maximum Gasteiger partial charge on any atom is 0.244 e. The predicted molar refractivity (Wildman–Crippen MR) is 88.6 cm³/mol. The number of carbonyl (C=O) groups excluding carboxylic acids is 1. The summed E-state index contributed by atoms with van der Waals surface area (Å²) >= 11 is 0. The molecule has 0 radical (unpaired) electrons. The van der Waals surface area contributed by atoms with Crippen molar-refractivity contribution in [2.45, 2.75) is 24.7 Å². The summed E-state index contributed by atoms with van der Waals surface area (Å²) in [5.41, 5.74) is 0.852. The number of methoxy groups -OCH3 is 1. The first kappa shape index (κ1) is 17.5. The van der Waals surface area contributed by atoms with Crippen molar-refractivity contribution in [3.63, 3.8) is 0 Å². The molecule has 0 aromatic heterocycles. The lowest BCUT2D eigenvalue weighted by molar-refractivity contribution is -0.116. The number of benzene rings is 1. The standard InChI is InChI=1S/C16H22N2O4S/c1-16(8-9-16)11-18-15(19)7-5-12-4-6-13(22-3)14(10-12)23(20,21)17-2/h4-7,10,17H,8-9,11H2,1-3H3,(H,18,19)/b7-5+. The van der Waals surface area contributed by atoms with Gasteiger partial charge in [-0.3, -0.25) is 4.79 Å². The van der Waals surface area contributed by atoms with Crippen LogP contribution in [0.1, 0.15) is 25.3 Å². The van der Waals surface area contributed by atoms with Crippen LogP contribution in [0.4, 0.5) is 0 Å². The first-order valence-corrected chi connectivity index (χ1v) is 8.85. The van der Waals surface area contributed by atoms with E-state index in [2.05, 4.69) is 17.0 Å². The van der Waals surface area contributed by atoms with E-state index in [0.29, 0.717) is 12.1 Å². The van der Waals surface area contributed by atoms with Gasteiger partial charge in [0.25, 0.3) is 0 Å². The third-order valence-electron chi connectivity index (χ3n) is 3.97. The van der Waals surface area contributed by atoms with Gasteiger partial charge in [-0.15, -0.1) is 0 Å². The van der Waals surface area contributed by atoms with Crippen molar-refractivity contribution in [1.82, 2.24) is 10.0 Å². The van der Waals surface area contributed by atoms with E-state index >= 15 is 0 Å². The number of hydrogen-bond acceptors (Lipinski definition) is 4. The van der Waals surface area contributed by atoms with Crippen LogP contribution in [0.2, 0.25) is 0 Å². The molecule has 0 bridgehead atoms. The smallest absolute Gasteiger partial charge is 0.244 e. The van der Waals surface area contributed by atoms with Gasteiger partial charge in [-0.1, -0.05) is 13.0 Å². The van der Waals surface area contributed by atoms with Gasteiger partial charge in [0.05, 0.1) is 7.11 Å². The lowest BCUT2D eigenvalue weighted by atomic mass is 10.1. The molecule has 6 nitrogen and oxygen atoms in total. The summed E-state index contributed by atoms with van der Waals surface area (Å²) in [6.45, 7) is 2.80. The normalized spacial score (nSPS) is 16.3. The molecule has 1 aromatic rings. The Morgan fingerprint density at radius 1 is 1.39 bits per heavy atom. The van der Waals surface area contributed by atoms with Gasteiger partial charge in [-0.05, 0) is 49.1 Å². The van der Waals surface area contributed by atoms with E-state index in [9.17, 15) is 13.2 Å². The van der Waals surface area contributed by atoms with E-state index < -0.39 is 10.0 Å². The number of amides is 1. The molecular weight excluding hydrogens is 316 g/mol. The highest BCUT2D eigenvalue weighted by atomic mass is 32.2. The van der Waals surface area contributed by atoms with E-state index in [1.54, 1.807) is 18.2 Å². The predicted octanol–water partition coefficient (Wildman–Crippen LogP) is 1.53. The van der Waals surface area contributed by atoms with Crippen molar-refractivity contribution in [2.75, 3.05) is 20.7 Å². The Hall–Kier alpha value is -1.86. The van der Waals surface area contributed by atoms with E-state index in [0.717, 1.165) is 12.8 Å². The second kappa shape index (κ2) is 6.72. The number of hydrogen-bond donors (Lipinski definition) is 2. The topological polar surface area (TPSA) is 84.5 Å². The van der Waals surface area contributed by atoms with Gasteiger partial charge in [0, 0.05) is 12.6 Å². The summed E-state index contributed by atoms with van der Waals surface area (Å²) in [7, 11) is -0.888. The molecular formula is C16H22N2O4S. The number of nitrogens with one attached hydrogen (secondary N) is 2. The zero-order valence-electron chi connectivity index (χ0n) is 13.5. The van der Waals surface area contributed by atoms with Crippen LogP contribution in [-0.2, 0) is 14.8 Å². The molecule has 1 aliphatic carbocycles. The third-order valence-corrected chi connectivity index (χ3v) is 5.40.